The summed E-state index contributed by atoms with van der Waals surface area (Å²) in [5.74, 6) is 0.134. The van der Waals surface area contributed by atoms with Crippen molar-refractivity contribution in [2.24, 2.45) is 12.8 Å². The summed E-state index contributed by atoms with van der Waals surface area (Å²) in [5.41, 5.74) is 6.31. The second kappa shape index (κ2) is 4.14. The van der Waals surface area contributed by atoms with Crippen molar-refractivity contribution in [1.82, 2.24) is 14.3 Å². The molecule has 0 saturated heterocycles. The number of halogens is 1. The van der Waals surface area contributed by atoms with Crippen molar-refractivity contribution in [2.45, 2.75) is 13.5 Å². The number of hydrogen-bond acceptors (Lipinski definition) is 3. The van der Waals surface area contributed by atoms with Crippen LogP contribution in [0.2, 0.25) is 0 Å². The molecule has 0 amide bonds. The molecule has 2 aromatic rings. The molecule has 0 bridgehead atoms. The van der Waals surface area contributed by atoms with Gasteiger partial charge in [-0.2, -0.15) is 9.78 Å². The number of aromatic nitrogens is 3. The summed E-state index contributed by atoms with van der Waals surface area (Å²) in [4.78, 5) is 11.9. The molecule has 1 heterocycles. The van der Waals surface area contributed by atoms with Gasteiger partial charge in [-0.05, 0) is 18.6 Å². The lowest BCUT2D eigenvalue weighted by molar-refractivity contribution is 0.623. The third kappa shape index (κ3) is 1.87. The van der Waals surface area contributed by atoms with Gasteiger partial charge in [0.1, 0.15) is 11.6 Å². The highest BCUT2D eigenvalue weighted by atomic mass is 19.1. The lowest BCUT2D eigenvalue weighted by Gasteiger charge is -2.06. The van der Waals surface area contributed by atoms with Gasteiger partial charge in [-0.1, -0.05) is 6.07 Å². The zero-order valence-corrected chi connectivity index (χ0v) is 9.64. The molecule has 90 valence electrons. The highest BCUT2D eigenvalue weighted by Gasteiger charge is 2.12. The Labute approximate surface area is 97.3 Å². The van der Waals surface area contributed by atoms with E-state index < -0.39 is 5.82 Å². The minimum atomic E-state index is -0.424. The molecule has 5 nitrogen and oxygen atoms in total. The average Bonchev–Trinajstić information content (AvgIpc) is 2.57. The van der Waals surface area contributed by atoms with E-state index >= 15 is 0 Å². The third-order valence-electron chi connectivity index (χ3n) is 2.69. The van der Waals surface area contributed by atoms with Gasteiger partial charge in [0.2, 0.25) is 0 Å². The molecule has 17 heavy (non-hydrogen) atoms. The van der Waals surface area contributed by atoms with E-state index in [1.54, 1.807) is 20.0 Å². The molecule has 2 N–H and O–H groups in total. The SMILES string of the molecule is Cc1nn(-c2cc(F)ccc2CN)c(=O)n1C. The molecule has 6 heteroatoms. The highest BCUT2D eigenvalue weighted by molar-refractivity contribution is 5.40. The van der Waals surface area contributed by atoms with E-state index in [0.29, 0.717) is 17.1 Å². The Hall–Kier alpha value is -1.95. The average molecular weight is 236 g/mol. The van der Waals surface area contributed by atoms with Gasteiger partial charge in [0.15, 0.2) is 0 Å². The van der Waals surface area contributed by atoms with Crippen LogP contribution in [0.5, 0.6) is 0 Å². The normalized spacial score (nSPS) is 10.8. The zero-order valence-electron chi connectivity index (χ0n) is 9.64. The van der Waals surface area contributed by atoms with Crippen molar-refractivity contribution in [2.75, 3.05) is 0 Å². The number of benzene rings is 1. The molecule has 0 spiro atoms. The van der Waals surface area contributed by atoms with Crippen LogP contribution in [0.4, 0.5) is 4.39 Å². The van der Waals surface area contributed by atoms with E-state index in [1.165, 1.54) is 21.4 Å². The first-order valence-corrected chi connectivity index (χ1v) is 5.16. The van der Waals surface area contributed by atoms with E-state index in [-0.39, 0.29) is 12.2 Å². The fraction of sp³-hybridized carbons (Fsp3) is 0.273. The molecule has 0 aliphatic rings. The fourth-order valence-electron chi connectivity index (χ4n) is 1.60. The molecule has 0 aliphatic carbocycles. The minimum absolute atomic E-state index is 0.220. The van der Waals surface area contributed by atoms with Gasteiger partial charge in [-0.3, -0.25) is 4.57 Å². The standard InChI is InChI=1S/C11H13FN4O/c1-7-14-16(11(17)15(7)2)10-5-9(12)4-3-8(10)6-13/h3-5H,6,13H2,1-2H3. The first kappa shape index (κ1) is 11.5. The molecule has 0 saturated carbocycles. The number of nitrogens with zero attached hydrogens (tertiary/aromatic N) is 3. The molecule has 0 unspecified atom stereocenters. The topological polar surface area (TPSA) is 65.8 Å². The van der Waals surface area contributed by atoms with E-state index in [0.717, 1.165) is 0 Å². The monoisotopic (exact) mass is 236 g/mol. The number of hydrogen-bond donors (Lipinski definition) is 1. The maximum Gasteiger partial charge on any atom is 0.350 e. The van der Waals surface area contributed by atoms with E-state index in [9.17, 15) is 9.18 Å². The van der Waals surface area contributed by atoms with Gasteiger partial charge < -0.3 is 5.73 Å². The fourth-order valence-corrected chi connectivity index (χ4v) is 1.60. The maximum atomic E-state index is 13.2. The largest absolute Gasteiger partial charge is 0.350 e. The minimum Gasteiger partial charge on any atom is -0.326 e. The van der Waals surface area contributed by atoms with Gasteiger partial charge >= 0.3 is 5.69 Å². The summed E-state index contributed by atoms with van der Waals surface area (Å²) >= 11 is 0. The molecular weight excluding hydrogens is 223 g/mol. The molecule has 2 rings (SSSR count). The van der Waals surface area contributed by atoms with Crippen LogP contribution in [0, 0.1) is 12.7 Å². The molecular formula is C11H13FN4O. The van der Waals surface area contributed by atoms with Crippen LogP contribution in [0.15, 0.2) is 23.0 Å². The second-order valence-corrected chi connectivity index (χ2v) is 3.78. The Balaban J connectivity index is 2.71. The Morgan fingerprint density at radius 1 is 1.47 bits per heavy atom. The number of aryl methyl sites for hydroxylation is 1. The van der Waals surface area contributed by atoms with Crippen molar-refractivity contribution in [1.29, 1.82) is 0 Å². The molecule has 1 aromatic carbocycles. The number of nitrogens with two attached hydrogens (primary N) is 1. The Morgan fingerprint density at radius 3 is 2.71 bits per heavy atom. The lowest BCUT2D eigenvalue weighted by atomic mass is 10.2. The number of rotatable bonds is 2. The van der Waals surface area contributed by atoms with Crippen LogP contribution in [0.25, 0.3) is 5.69 Å². The van der Waals surface area contributed by atoms with Crippen LogP contribution in [-0.4, -0.2) is 14.3 Å². The summed E-state index contributed by atoms with van der Waals surface area (Å²) in [6.07, 6.45) is 0. The Kier molecular flexibility index (Phi) is 2.81. The summed E-state index contributed by atoms with van der Waals surface area (Å²) in [6, 6.07) is 4.13. The van der Waals surface area contributed by atoms with Gasteiger partial charge in [-0.15, -0.1) is 0 Å². The smallest absolute Gasteiger partial charge is 0.326 e. The van der Waals surface area contributed by atoms with Gasteiger partial charge in [0.25, 0.3) is 0 Å². The van der Waals surface area contributed by atoms with Crippen LogP contribution in [-0.2, 0) is 13.6 Å². The quantitative estimate of drug-likeness (QED) is 0.824. The zero-order chi connectivity index (χ0) is 12.6. The predicted octanol–water partition coefficient (Wildman–Crippen LogP) is 0.477. The van der Waals surface area contributed by atoms with Crippen molar-refractivity contribution in [3.63, 3.8) is 0 Å². The van der Waals surface area contributed by atoms with Crippen LogP contribution >= 0.6 is 0 Å². The summed E-state index contributed by atoms with van der Waals surface area (Å²) in [5, 5.41) is 4.07. The molecule has 0 fully saturated rings. The molecule has 0 atom stereocenters. The predicted molar refractivity (Wildman–Crippen MR) is 61.4 cm³/mol. The summed E-state index contributed by atoms with van der Waals surface area (Å²) < 4.78 is 15.8. The molecule has 0 radical (unpaired) electrons. The first-order chi connectivity index (χ1) is 8.04. The highest BCUT2D eigenvalue weighted by Crippen LogP contribution is 2.13. The lowest BCUT2D eigenvalue weighted by Crippen LogP contribution is -2.23. The Bertz CT molecular complexity index is 614. The first-order valence-electron chi connectivity index (χ1n) is 5.16. The second-order valence-electron chi connectivity index (χ2n) is 3.78. The van der Waals surface area contributed by atoms with Crippen LogP contribution in [0.1, 0.15) is 11.4 Å². The summed E-state index contributed by atoms with van der Waals surface area (Å²) in [7, 11) is 1.61. The van der Waals surface area contributed by atoms with Crippen molar-refractivity contribution < 1.29 is 4.39 Å². The van der Waals surface area contributed by atoms with Crippen LogP contribution in [0.3, 0.4) is 0 Å². The maximum absolute atomic E-state index is 13.2. The molecule has 0 aliphatic heterocycles. The van der Waals surface area contributed by atoms with Crippen molar-refractivity contribution >= 4 is 0 Å². The van der Waals surface area contributed by atoms with Gasteiger partial charge in [-0.25, -0.2) is 9.18 Å². The van der Waals surface area contributed by atoms with E-state index in [1.807, 2.05) is 0 Å². The van der Waals surface area contributed by atoms with Crippen molar-refractivity contribution in [3.05, 3.63) is 45.9 Å². The molecule has 1 aromatic heterocycles. The van der Waals surface area contributed by atoms with Crippen molar-refractivity contribution in [3.8, 4) is 5.69 Å². The van der Waals surface area contributed by atoms with E-state index in [2.05, 4.69) is 5.10 Å². The van der Waals surface area contributed by atoms with Gasteiger partial charge in [0, 0.05) is 19.7 Å². The summed E-state index contributed by atoms with van der Waals surface area (Å²) in [6.45, 7) is 1.93. The Morgan fingerprint density at radius 2 is 2.18 bits per heavy atom. The van der Waals surface area contributed by atoms with Crippen LogP contribution < -0.4 is 11.4 Å². The van der Waals surface area contributed by atoms with E-state index in [4.69, 9.17) is 5.73 Å². The van der Waals surface area contributed by atoms with Gasteiger partial charge in [0.05, 0.1) is 5.69 Å². The third-order valence-corrected chi connectivity index (χ3v) is 2.69.